The van der Waals surface area contributed by atoms with Crippen molar-refractivity contribution in [1.82, 2.24) is 0 Å². The molecule has 220 valence electrons. The van der Waals surface area contributed by atoms with E-state index >= 15 is 0 Å². The summed E-state index contributed by atoms with van der Waals surface area (Å²) in [5, 5.41) is 0. The van der Waals surface area contributed by atoms with Crippen LogP contribution in [0.3, 0.4) is 0 Å². The van der Waals surface area contributed by atoms with Crippen molar-refractivity contribution < 1.29 is 16.5 Å². The van der Waals surface area contributed by atoms with Gasteiger partial charge in [-0.15, -0.1) is 0 Å². The monoisotopic (exact) mass is 556 g/mol. The first-order chi connectivity index (χ1) is 17.8. The third kappa shape index (κ3) is 45.9. The van der Waals surface area contributed by atoms with Gasteiger partial charge in [-0.3, -0.25) is 0 Å². The Morgan fingerprint density at radius 2 is 0.459 bits per heavy atom. The molecule has 0 aromatic rings. The molecule has 0 saturated heterocycles. The molecule has 0 amide bonds. The van der Waals surface area contributed by atoms with Crippen molar-refractivity contribution in [3.8, 4) is 11.8 Å². The predicted molar refractivity (Wildman–Crippen MR) is 164 cm³/mol. The zero-order valence-corrected chi connectivity index (χ0v) is 26.5. The fourth-order valence-corrected chi connectivity index (χ4v) is 4.82. The number of rotatable bonds is 28. The van der Waals surface area contributed by atoms with E-state index in [1.807, 2.05) is 0 Å². The minimum Gasteiger partial charge on any atom is -0.694 e. The maximum atomic E-state index is 6.82. The van der Waals surface area contributed by atoms with Gasteiger partial charge in [0.05, 0.1) is 0 Å². The maximum absolute atomic E-state index is 6.82. The van der Waals surface area contributed by atoms with Crippen LogP contribution in [0.4, 0.5) is 0 Å². The van der Waals surface area contributed by atoms with Crippen molar-refractivity contribution in [2.75, 3.05) is 0 Å². The van der Waals surface area contributed by atoms with E-state index in [0.29, 0.717) is 0 Å². The van der Waals surface area contributed by atoms with Crippen molar-refractivity contribution >= 4 is 0 Å². The van der Waals surface area contributed by atoms with Gasteiger partial charge >= 0.3 is 16.5 Å². The molecule has 0 heterocycles. The Labute approximate surface area is 247 Å². The van der Waals surface area contributed by atoms with E-state index in [0.717, 1.165) is 12.8 Å². The molecular weight excluding hydrogens is 491 g/mol. The first-order valence-corrected chi connectivity index (χ1v) is 16.6. The van der Waals surface area contributed by atoms with Gasteiger partial charge in [0.2, 0.25) is 0 Å². The van der Waals surface area contributed by atoms with E-state index < -0.39 is 0 Å². The second-order valence-electron chi connectivity index (χ2n) is 11.0. The smallest absolute Gasteiger partial charge is 0.694 e. The van der Waals surface area contributed by atoms with Gasteiger partial charge in [-0.25, -0.2) is 0 Å². The number of hydrogen-bond acceptors (Lipinski definition) is 0. The summed E-state index contributed by atoms with van der Waals surface area (Å²) in [4.78, 5) is 0. The Hall–Kier alpha value is -0.386. The summed E-state index contributed by atoms with van der Waals surface area (Å²) < 4.78 is 0. The molecule has 0 unspecified atom stereocenters. The minimum atomic E-state index is 0. The van der Waals surface area contributed by atoms with Gasteiger partial charge in [-0.1, -0.05) is 181 Å². The van der Waals surface area contributed by atoms with E-state index in [1.54, 1.807) is 0 Å². The molecule has 37 heavy (non-hydrogen) atoms. The van der Waals surface area contributed by atoms with Gasteiger partial charge in [0.15, 0.2) is 0 Å². The van der Waals surface area contributed by atoms with E-state index in [-0.39, 0.29) is 16.5 Å². The molecule has 0 aromatic heterocycles. The summed E-state index contributed by atoms with van der Waals surface area (Å²) in [6.45, 7) is 4.56. The average Bonchev–Trinajstić information content (AvgIpc) is 2.89. The van der Waals surface area contributed by atoms with Crippen LogP contribution in [0, 0.1) is 24.7 Å². The summed E-state index contributed by atoms with van der Waals surface area (Å²) in [7, 11) is 0. The van der Waals surface area contributed by atoms with Crippen molar-refractivity contribution in [2.24, 2.45) is 0 Å². The Morgan fingerprint density at radius 3 is 0.622 bits per heavy atom. The molecule has 0 saturated carbocycles. The standard InChI is InChI=1S/2C18H33.Ni/c2*1-3-5-7-9-11-13-15-17-18-16-14-12-10-8-6-4-2;/h2*3,5-18H2,1H3;/q2*-1;+2. The molecule has 0 spiro atoms. The molecule has 0 atom stereocenters. The molecule has 0 nitrogen and oxygen atoms in total. The van der Waals surface area contributed by atoms with Crippen LogP contribution in [0.2, 0.25) is 0 Å². The fraction of sp³-hybridized carbons (Fsp3) is 0.889. The van der Waals surface area contributed by atoms with Crippen LogP contribution in [-0.4, -0.2) is 0 Å². The first kappa shape index (κ1) is 41.1. The zero-order chi connectivity index (χ0) is 26.6. The Kier molecular flexibility index (Phi) is 47.4. The van der Waals surface area contributed by atoms with Crippen LogP contribution in [0.1, 0.15) is 206 Å². The molecule has 0 radical (unpaired) electrons. The minimum absolute atomic E-state index is 0. The predicted octanol–water partition coefficient (Wildman–Crippen LogP) is 12.9. The topological polar surface area (TPSA) is 0 Å². The first-order valence-electron chi connectivity index (χ1n) is 16.6. The van der Waals surface area contributed by atoms with E-state index in [2.05, 4.69) is 25.7 Å². The zero-order valence-electron chi connectivity index (χ0n) is 25.5. The van der Waals surface area contributed by atoms with Crippen molar-refractivity contribution in [3.05, 3.63) is 12.8 Å². The molecule has 0 aromatic carbocycles. The van der Waals surface area contributed by atoms with Crippen molar-refractivity contribution in [2.45, 2.75) is 206 Å². The summed E-state index contributed by atoms with van der Waals surface area (Å²) >= 11 is 0. The second-order valence-corrected chi connectivity index (χ2v) is 11.0. The van der Waals surface area contributed by atoms with Crippen LogP contribution < -0.4 is 0 Å². The molecule has 0 bridgehead atoms. The largest absolute Gasteiger partial charge is 2.00 e. The molecule has 0 aliphatic rings. The summed E-state index contributed by atoms with van der Waals surface area (Å²) in [6, 6.07) is 0. The van der Waals surface area contributed by atoms with Gasteiger partial charge in [0.25, 0.3) is 0 Å². The van der Waals surface area contributed by atoms with E-state index in [4.69, 9.17) is 12.8 Å². The summed E-state index contributed by atoms with van der Waals surface area (Å²) in [5.41, 5.74) is 0. The molecule has 0 aliphatic carbocycles. The third-order valence-corrected chi connectivity index (χ3v) is 7.31. The molecule has 1 heteroatoms. The van der Waals surface area contributed by atoms with Crippen LogP contribution in [0.5, 0.6) is 0 Å². The van der Waals surface area contributed by atoms with E-state index in [9.17, 15) is 0 Å². The van der Waals surface area contributed by atoms with Crippen LogP contribution >= 0.6 is 0 Å². The second kappa shape index (κ2) is 42.7. The summed E-state index contributed by atoms with van der Waals surface area (Å²) in [5.74, 6) is 4.92. The number of hydrogen-bond donors (Lipinski definition) is 0. The summed E-state index contributed by atoms with van der Waals surface area (Å²) in [6.07, 6.45) is 54.5. The molecule has 0 rings (SSSR count). The van der Waals surface area contributed by atoms with Crippen LogP contribution in [0.15, 0.2) is 0 Å². The molecular formula is C36H66Ni. The van der Waals surface area contributed by atoms with Crippen molar-refractivity contribution in [3.63, 3.8) is 0 Å². The number of unbranched alkanes of at least 4 members (excludes halogenated alkanes) is 28. The SMILES string of the molecule is [C-]#CCCCCCCCCCCCCCCCC.[C-]#CCCCCCCCCCCCCCCCC.[Ni+2]. The Morgan fingerprint density at radius 1 is 0.297 bits per heavy atom. The molecule has 0 N–H and O–H groups in total. The van der Waals surface area contributed by atoms with Crippen molar-refractivity contribution in [1.29, 1.82) is 0 Å². The quantitative estimate of drug-likeness (QED) is 0.0388. The van der Waals surface area contributed by atoms with E-state index in [1.165, 1.54) is 180 Å². The van der Waals surface area contributed by atoms with Gasteiger partial charge in [0.1, 0.15) is 0 Å². The average molecular weight is 558 g/mol. The molecule has 0 aliphatic heterocycles. The Balaban J connectivity index is -0.000000608. The van der Waals surface area contributed by atoms with Gasteiger partial charge in [0, 0.05) is 0 Å². The van der Waals surface area contributed by atoms with Crippen LogP contribution in [0.25, 0.3) is 0 Å². The van der Waals surface area contributed by atoms with Gasteiger partial charge in [-0.05, 0) is 25.7 Å². The normalized spacial score (nSPS) is 10.2. The van der Waals surface area contributed by atoms with Crippen LogP contribution in [-0.2, 0) is 16.5 Å². The fourth-order valence-electron chi connectivity index (χ4n) is 4.82. The van der Waals surface area contributed by atoms with Gasteiger partial charge in [-0.2, -0.15) is 0 Å². The Bertz CT molecular complexity index is 399. The van der Waals surface area contributed by atoms with Gasteiger partial charge < -0.3 is 24.7 Å². The molecule has 0 fully saturated rings. The maximum Gasteiger partial charge on any atom is 2.00 e. The third-order valence-electron chi connectivity index (χ3n) is 7.31.